The Morgan fingerprint density at radius 2 is 2.29 bits per heavy atom. The van der Waals surface area contributed by atoms with Crippen LogP contribution in [0.1, 0.15) is 29.3 Å². The van der Waals surface area contributed by atoms with Crippen LogP contribution in [0.25, 0.3) is 0 Å². The first-order valence-corrected chi connectivity index (χ1v) is 6.97. The van der Waals surface area contributed by atoms with E-state index in [4.69, 9.17) is 10.5 Å². The van der Waals surface area contributed by atoms with E-state index in [-0.39, 0.29) is 5.97 Å². The van der Waals surface area contributed by atoms with Crippen LogP contribution >= 0.6 is 11.8 Å². The lowest BCUT2D eigenvalue weighted by Gasteiger charge is -2.05. The van der Waals surface area contributed by atoms with Crippen LogP contribution in [0.2, 0.25) is 0 Å². The molecule has 0 unspecified atom stereocenters. The lowest BCUT2D eigenvalue weighted by molar-refractivity contribution is 0.0505. The van der Waals surface area contributed by atoms with Crippen LogP contribution in [0.3, 0.4) is 0 Å². The molecule has 0 amide bonds. The number of rotatable bonds is 7. The summed E-state index contributed by atoms with van der Waals surface area (Å²) in [6.45, 7) is 3.14. The summed E-state index contributed by atoms with van der Waals surface area (Å²) < 4.78 is 5.09. The molecule has 0 heterocycles. The van der Waals surface area contributed by atoms with Crippen molar-refractivity contribution in [2.45, 2.75) is 19.1 Å². The van der Waals surface area contributed by atoms with E-state index in [0.717, 1.165) is 23.5 Å². The standard InChI is InChI=1S/C13H19NO2S/c1-2-7-16-13(15)12-5-3-4-11(9-12)10-17-8-6-14/h3-5,9H,2,6-8,10,14H2,1H3. The minimum Gasteiger partial charge on any atom is -0.462 e. The molecule has 0 aliphatic rings. The molecule has 0 spiro atoms. The van der Waals surface area contributed by atoms with Gasteiger partial charge < -0.3 is 10.5 Å². The molecule has 0 radical (unpaired) electrons. The summed E-state index contributed by atoms with van der Waals surface area (Å²) in [4.78, 5) is 11.6. The first-order chi connectivity index (χ1) is 8.27. The molecule has 0 bridgehead atoms. The predicted molar refractivity (Wildman–Crippen MR) is 72.2 cm³/mol. The average Bonchev–Trinajstić information content (AvgIpc) is 2.36. The average molecular weight is 253 g/mol. The van der Waals surface area contributed by atoms with Crippen LogP contribution in [0.5, 0.6) is 0 Å². The molecule has 1 rings (SSSR count). The molecule has 0 aliphatic carbocycles. The van der Waals surface area contributed by atoms with Crippen molar-refractivity contribution in [2.24, 2.45) is 5.73 Å². The van der Waals surface area contributed by atoms with Gasteiger partial charge in [0, 0.05) is 18.1 Å². The van der Waals surface area contributed by atoms with Crippen molar-refractivity contribution in [3.05, 3.63) is 35.4 Å². The van der Waals surface area contributed by atoms with Gasteiger partial charge in [-0.2, -0.15) is 11.8 Å². The lowest BCUT2D eigenvalue weighted by atomic mass is 10.1. The Bertz CT molecular complexity index is 355. The van der Waals surface area contributed by atoms with Crippen LogP contribution in [0, 0.1) is 0 Å². The smallest absolute Gasteiger partial charge is 0.338 e. The maximum absolute atomic E-state index is 11.6. The van der Waals surface area contributed by atoms with E-state index in [1.807, 2.05) is 25.1 Å². The number of hydrogen-bond donors (Lipinski definition) is 1. The van der Waals surface area contributed by atoms with E-state index in [2.05, 4.69) is 0 Å². The fourth-order valence-electron chi connectivity index (χ4n) is 1.34. The van der Waals surface area contributed by atoms with Crippen molar-refractivity contribution in [2.75, 3.05) is 18.9 Å². The molecule has 2 N–H and O–H groups in total. The van der Waals surface area contributed by atoms with Gasteiger partial charge in [-0.25, -0.2) is 4.79 Å². The van der Waals surface area contributed by atoms with Crippen LogP contribution in [0.15, 0.2) is 24.3 Å². The quantitative estimate of drug-likeness (QED) is 0.599. The van der Waals surface area contributed by atoms with Crippen molar-refractivity contribution >= 4 is 17.7 Å². The second kappa shape index (κ2) is 8.14. The van der Waals surface area contributed by atoms with E-state index in [1.165, 1.54) is 0 Å². The third-order valence-electron chi connectivity index (χ3n) is 2.13. The molecule has 0 fully saturated rings. The Morgan fingerprint density at radius 3 is 3.00 bits per heavy atom. The minimum absolute atomic E-state index is 0.238. The van der Waals surface area contributed by atoms with Crippen molar-refractivity contribution in [1.82, 2.24) is 0 Å². The second-order valence-corrected chi connectivity index (χ2v) is 4.78. The molecule has 0 saturated carbocycles. The Balaban J connectivity index is 2.55. The summed E-state index contributed by atoms with van der Waals surface area (Å²) in [5, 5.41) is 0. The molecule has 17 heavy (non-hydrogen) atoms. The Morgan fingerprint density at radius 1 is 1.47 bits per heavy atom. The van der Waals surface area contributed by atoms with Crippen molar-refractivity contribution in [1.29, 1.82) is 0 Å². The van der Waals surface area contributed by atoms with Crippen LogP contribution in [-0.2, 0) is 10.5 Å². The number of esters is 1. The molecule has 0 atom stereocenters. The van der Waals surface area contributed by atoms with Gasteiger partial charge in [0.05, 0.1) is 12.2 Å². The topological polar surface area (TPSA) is 52.3 Å². The first kappa shape index (κ1) is 14.1. The van der Waals surface area contributed by atoms with E-state index >= 15 is 0 Å². The molecular formula is C13H19NO2S. The number of carbonyl (C=O) groups excluding carboxylic acids is 1. The molecule has 1 aromatic carbocycles. The molecule has 0 saturated heterocycles. The number of ether oxygens (including phenoxy) is 1. The summed E-state index contributed by atoms with van der Waals surface area (Å²) in [5.74, 6) is 1.58. The van der Waals surface area contributed by atoms with Gasteiger partial charge in [0.25, 0.3) is 0 Å². The van der Waals surface area contributed by atoms with Gasteiger partial charge in [-0.1, -0.05) is 19.1 Å². The van der Waals surface area contributed by atoms with E-state index in [0.29, 0.717) is 18.7 Å². The summed E-state index contributed by atoms with van der Waals surface area (Å²) in [6.07, 6.45) is 0.845. The van der Waals surface area contributed by atoms with Gasteiger partial charge in [0.1, 0.15) is 0 Å². The zero-order valence-corrected chi connectivity index (χ0v) is 11.0. The molecule has 3 nitrogen and oxygen atoms in total. The SMILES string of the molecule is CCCOC(=O)c1cccc(CSCCN)c1. The summed E-state index contributed by atoms with van der Waals surface area (Å²) in [5.41, 5.74) is 7.19. The number of thioether (sulfide) groups is 1. The second-order valence-electron chi connectivity index (χ2n) is 3.68. The van der Waals surface area contributed by atoms with Crippen LogP contribution in [-0.4, -0.2) is 24.9 Å². The van der Waals surface area contributed by atoms with Gasteiger partial charge in [0.2, 0.25) is 0 Å². The number of hydrogen-bond acceptors (Lipinski definition) is 4. The number of nitrogens with two attached hydrogens (primary N) is 1. The lowest BCUT2D eigenvalue weighted by Crippen LogP contribution is -2.06. The van der Waals surface area contributed by atoms with Crippen LogP contribution in [0.4, 0.5) is 0 Å². The molecule has 4 heteroatoms. The molecular weight excluding hydrogens is 234 g/mol. The maximum Gasteiger partial charge on any atom is 0.338 e. The highest BCUT2D eigenvalue weighted by molar-refractivity contribution is 7.98. The molecule has 0 aliphatic heterocycles. The zero-order valence-electron chi connectivity index (χ0n) is 10.1. The number of carbonyl (C=O) groups is 1. The van der Waals surface area contributed by atoms with E-state index < -0.39 is 0 Å². The highest BCUT2D eigenvalue weighted by Gasteiger charge is 2.06. The Labute approximate surface area is 107 Å². The Hall–Kier alpha value is -1.00. The zero-order chi connectivity index (χ0) is 12.5. The fraction of sp³-hybridized carbons (Fsp3) is 0.462. The molecule has 1 aromatic rings. The highest BCUT2D eigenvalue weighted by atomic mass is 32.2. The van der Waals surface area contributed by atoms with Crippen molar-refractivity contribution in [3.63, 3.8) is 0 Å². The Kier molecular flexibility index (Phi) is 6.74. The third kappa shape index (κ3) is 5.24. The minimum atomic E-state index is -0.238. The summed E-state index contributed by atoms with van der Waals surface area (Å²) in [6, 6.07) is 7.58. The summed E-state index contributed by atoms with van der Waals surface area (Å²) >= 11 is 1.77. The monoisotopic (exact) mass is 253 g/mol. The van der Waals surface area contributed by atoms with Crippen LogP contribution < -0.4 is 5.73 Å². The van der Waals surface area contributed by atoms with Gasteiger partial charge in [0.15, 0.2) is 0 Å². The third-order valence-corrected chi connectivity index (χ3v) is 3.19. The molecule has 94 valence electrons. The van der Waals surface area contributed by atoms with Gasteiger partial charge in [-0.15, -0.1) is 0 Å². The first-order valence-electron chi connectivity index (χ1n) is 5.81. The van der Waals surface area contributed by atoms with E-state index in [9.17, 15) is 4.79 Å². The van der Waals surface area contributed by atoms with Gasteiger partial charge in [-0.3, -0.25) is 0 Å². The highest BCUT2D eigenvalue weighted by Crippen LogP contribution is 2.14. The molecule has 0 aromatic heterocycles. The van der Waals surface area contributed by atoms with Gasteiger partial charge in [-0.05, 0) is 24.1 Å². The van der Waals surface area contributed by atoms with Crippen molar-refractivity contribution in [3.8, 4) is 0 Å². The fourth-order valence-corrected chi connectivity index (χ4v) is 2.07. The van der Waals surface area contributed by atoms with E-state index in [1.54, 1.807) is 17.8 Å². The summed E-state index contributed by atoms with van der Waals surface area (Å²) in [7, 11) is 0. The normalized spacial score (nSPS) is 10.2. The largest absolute Gasteiger partial charge is 0.462 e. The number of benzene rings is 1. The predicted octanol–water partition coefficient (Wildman–Crippen LogP) is 2.45. The maximum atomic E-state index is 11.6. The van der Waals surface area contributed by atoms with Crippen molar-refractivity contribution < 1.29 is 9.53 Å². The van der Waals surface area contributed by atoms with Gasteiger partial charge >= 0.3 is 5.97 Å².